The lowest BCUT2D eigenvalue weighted by Crippen LogP contribution is -2.31. The summed E-state index contributed by atoms with van der Waals surface area (Å²) in [4.78, 5) is 7.31. The van der Waals surface area contributed by atoms with Gasteiger partial charge in [-0.1, -0.05) is 0 Å². The summed E-state index contributed by atoms with van der Waals surface area (Å²) >= 11 is 0. The molecule has 48 valence electrons. The molecule has 0 aromatic carbocycles. The van der Waals surface area contributed by atoms with Gasteiger partial charge < -0.3 is 5.11 Å². The van der Waals surface area contributed by atoms with Crippen LogP contribution in [0.2, 0.25) is 0 Å². The number of nitro groups is 1. The van der Waals surface area contributed by atoms with Crippen molar-refractivity contribution >= 4 is 0 Å². The normalized spacial score (nSPS) is 11.4. The summed E-state index contributed by atoms with van der Waals surface area (Å²) in [5, 5.41) is 16.7. The molecule has 0 spiro atoms. The minimum atomic E-state index is -4.18. The van der Waals surface area contributed by atoms with Crippen LogP contribution in [-0.2, 0) is 0 Å². The van der Waals surface area contributed by atoms with E-state index in [0.717, 1.165) is 0 Å². The molecule has 0 aliphatic rings. The fourth-order valence-corrected chi connectivity index (χ4v) is 0.0577. The molecule has 0 heterocycles. The Labute approximate surface area is 42.9 Å². The minimum absolute atomic E-state index is 1.75. The van der Waals surface area contributed by atoms with Crippen molar-refractivity contribution in [2.24, 2.45) is 0 Å². The molecule has 0 saturated heterocycles. The van der Waals surface area contributed by atoms with Crippen molar-refractivity contribution in [3.05, 3.63) is 10.1 Å². The van der Waals surface area contributed by atoms with E-state index in [1.54, 1.807) is 0 Å². The van der Waals surface area contributed by atoms with Crippen LogP contribution in [0.4, 0.5) is 8.78 Å². The standard InChI is InChI=1S/C2H3F2NO3/c3-2(4,1-6)5(7)8/h6H,1H2. The summed E-state index contributed by atoms with van der Waals surface area (Å²) in [5.74, 6) is 0. The third kappa shape index (κ3) is 1.38. The van der Waals surface area contributed by atoms with Crippen LogP contribution >= 0.6 is 0 Å². The Hall–Kier alpha value is -0.780. The largest absolute Gasteiger partial charge is 0.533 e. The van der Waals surface area contributed by atoms with E-state index in [2.05, 4.69) is 0 Å². The molecule has 0 aromatic rings. The molecule has 0 fully saturated rings. The Kier molecular flexibility index (Phi) is 1.80. The predicted octanol–water partition coefficient (Wildman–Crippen LogP) is -0.152. The number of hydrogen-bond acceptors (Lipinski definition) is 3. The minimum Gasteiger partial charge on any atom is -0.383 e. The Balaban J connectivity index is 3.91. The van der Waals surface area contributed by atoms with Crippen LogP contribution < -0.4 is 0 Å². The van der Waals surface area contributed by atoms with E-state index in [1.165, 1.54) is 0 Å². The van der Waals surface area contributed by atoms with Crippen LogP contribution in [0.1, 0.15) is 0 Å². The quantitative estimate of drug-likeness (QED) is 0.318. The molecule has 1 N–H and O–H groups in total. The molecule has 0 aliphatic heterocycles. The lowest BCUT2D eigenvalue weighted by molar-refractivity contribution is -0.646. The van der Waals surface area contributed by atoms with Crippen LogP contribution in [0.25, 0.3) is 0 Å². The molecule has 0 saturated carbocycles. The van der Waals surface area contributed by atoms with E-state index in [4.69, 9.17) is 15.2 Å². The molecule has 0 atom stereocenters. The van der Waals surface area contributed by atoms with E-state index in [0.29, 0.717) is 0 Å². The summed E-state index contributed by atoms with van der Waals surface area (Å²) in [6, 6.07) is -4.18. The summed E-state index contributed by atoms with van der Waals surface area (Å²) in [7, 11) is 0. The van der Waals surface area contributed by atoms with Gasteiger partial charge in [-0.25, -0.2) is 0 Å². The highest BCUT2D eigenvalue weighted by Crippen LogP contribution is 2.10. The first-order valence-corrected chi connectivity index (χ1v) is 1.64. The maximum atomic E-state index is 11.3. The molecule has 0 aromatic heterocycles. The smallest absolute Gasteiger partial charge is 0.383 e. The number of aliphatic hydroxyl groups excluding tert-OH is 1. The van der Waals surface area contributed by atoms with Crippen molar-refractivity contribution in [2.75, 3.05) is 6.61 Å². The van der Waals surface area contributed by atoms with Crippen LogP contribution in [0, 0.1) is 10.1 Å². The zero-order valence-electron chi connectivity index (χ0n) is 3.67. The van der Waals surface area contributed by atoms with Gasteiger partial charge in [-0.15, -0.1) is 8.78 Å². The molecule has 6 heteroatoms. The predicted molar refractivity (Wildman–Crippen MR) is 19.0 cm³/mol. The number of halogens is 2. The first kappa shape index (κ1) is 7.22. The maximum Gasteiger partial charge on any atom is 0.533 e. The van der Waals surface area contributed by atoms with Crippen molar-refractivity contribution in [3.63, 3.8) is 0 Å². The molecule has 0 aliphatic carbocycles. The average Bonchev–Trinajstić information content (AvgIpc) is 1.67. The Morgan fingerprint density at radius 2 is 2.12 bits per heavy atom. The Morgan fingerprint density at radius 1 is 1.75 bits per heavy atom. The van der Waals surface area contributed by atoms with E-state index in [9.17, 15) is 8.78 Å². The van der Waals surface area contributed by atoms with Crippen molar-refractivity contribution in [1.82, 2.24) is 0 Å². The molecule has 4 nitrogen and oxygen atoms in total. The molecule has 0 radical (unpaired) electrons. The average molecular weight is 127 g/mol. The highest BCUT2D eigenvalue weighted by atomic mass is 19.3. The molecular formula is C2H3F2NO3. The number of hydrogen-bond donors (Lipinski definition) is 1. The van der Waals surface area contributed by atoms with Gasteiger partial charge >= 0.3 is 6.05 Å². The van der Waals surface area contributed by atoms with Crippen LogP contribution in [-0.4, -0.2) is 22.7 Å². The summed E-state index contributed by atoms with van der Waals surface area (Å²) in [6.07, 6.45) is 0. The lowest BCUT2D eigenvalue weighted by atomic mass is 10.6. The second-order valence-corrected chi connectivity index (χ2v) is 1.08. The topological polar surface area (TPSA) is 63.4 Å². The molecular weight excluding hydrogens is 124 g/mol. The summed E-state index contributed by atoms with van der Waals surface area (Å²) in [6.45, 7) is -1.75. The number of alkyl halides is 2. The van der Waals surface area contributed by atoms with Gasteiger partial charge in [-0.3, -0.25) is 10.1 Å². The first-order valence-electron chi connectivity index (χ1n) is 1.64. The fourth-order valence-electron chi connectivity index (χ4n) is 0.0577. The SMILES string of the molecule is O=[N+]([O-])C(F)(F)CO. The van der Waals surface area contributed by atoms with Crippen molar-refractivity contribution < 1.29 is 18.8 Å². The highest BCUT2D eigenvalue weighted by Gasteiger charge is 2.42. The number of rotatable bonds is 2. The van der Waals surface area contributed by atoms with Gasteiger partial charge in [0, 0.05) is 0 Å². The van der Waals surface area contributed by atoms with Gasteiger partial charge in [0.15, 0.2) is 6.61 Å². The van der Waals surface area contributed by atoms with Gasteiger partial charge in [0.25, 0.3) is 0 Å². The zero-order chi connectivity index (χ0) is 6.78. The Morgan fingerprint density at radius 3 is 2.12 bits per heavy atom. The van der Waals surface area contributed by atoms with E-state index in [-0.39, 0.29) is 0 Å². The fraction of sp³-hybridized carbons (Fsp3) is 1.00. The first-order chi connectivity index (χ1) is 3.50. The van der Waals surface area contributed by atoms with Crippen molar-refractivity contribution in [1.29, 1.82) is 0 Å². The van der Waals surface area contributed by atoms with Gasteiger partial charge in [0.1, 0.15) is 0 Å². The summed E-state index contributed by atoms with van der Waals surface area (Å²) in [5.41, 5.74) is 0. The van der Waals surface area contributed by atoms with Gasteiger partial charge in [0.05, 0.1) is 4.92 Å². The molecule has 0 amide bonds. The highest BCUT2D eigenvalue weighted by molar-refractivity contribution is 4.42. The van der Waals surface area contributed by atoms with Crippen LogP contribution in [0.5, 0.6) is 0 Å². The summed E-state index contributed by atoms with van der Waals surface area (Å²) < 4.78 is 22.7. The number of nitrogens with zero attached hydrogens (tertiary/aromatic N) is 1. The monoisotopic (exact) mass is 127 g/mol. The van der Waals surface area contributed by atoms with Crippen LogP contribution in [0.15, 0.2) is 0 Å². The van der Waals surface area contributed by atoms with E-state index < -0.39 is 17.6 Å². The van der Waals surface area contributed by atoms with Crippen molar-refractivity contribution in [3.8, 4) is 0 Å². The molecule has 0 bridgehead atoms. The Bertz CT molecular complexity index is 103. The number of aliphatic hydroxyl groups is 1. The second-order valence-electron chi connectivity index (χ2n) is 1.08. The molecule has 0 rings (SSSR count). The van der Waals surface area contributed by atoms with Crippen molar-refractivity contribution in [2.45, 2.75) is 6.05 Å². The molecule has 0 unspecified atom stereocenters. The van der Waals surface area contributed by atoms with Gasteiger partial charge in [-0.05, 0) is 0 Å². The third-order valence-corrected chi connectivity index (χ3v) is 0.457. The molecule has 8 heavy (non-hydrogen) atoms. The third-order valence-electron chi connectivity index (χ3n) is 0.457. The van der Waals surface area contributed by atoms with Gasteiger partial charge in [0.2, 0.25) is 0 Å². The second kappa shape index (κ2) is 1.99. The lowest BCUT2D eigenvalue weighted by Gasteiger charge is -1.99. The van der Waals surface area contributed by atoms with E-state index >= 15 is 0 Å². The zero-order valence-corrected chi connectivity index (χ0v) is 3.67. The van der Waals surface area contributed by atoms with E-state index in [1.807, 2.05) is 0 Å². The van der Waals surface area contributed by atoms with Crippen LogP contribution in [0.3, 0.4) is 0 Å². The van der Waals surface area contributed by atoms with Gasteiger partial charge in [-0.2, -0.15) is 0 Å². The maximum absolute atomic E-state index is 11.3.